The van der Waals surface area contributed by atoms with Gasteiger partial charge in [0.2, 0.25) is 5.91 Å². The van der Waals surface area contributed by atoms with E-state index in [0.717, 1.165) is 18.2 Å². The van der Waals surface area contributed by atoms with Gasteiger partial charge in [-0.25, -0.2) is 8.42 Å². The monoisotopic (exact) mass is 327 g/mol. The lowest BCUT2D eigenvalue weighted by Gasteiger charge is -2.18. The lowest BCUT2D eigenvalue weighted by atomic mass is 10.1. The summed E-state index contributed by atoms with van der Waals surface area (Å²) in [5.74, 6) is 0.818. The van der Waals surface area contributed by atoms with Crippen molar-refractivity contribution in [1.29, 1.82) is 0 Å². The van der Waals surface area contributed by atoms with Gasteiger partial charge in [-0.3, -0.25) is 4.79 Å². The number of nitrogens with one attached hydrogen (secondary N) is 1. The summed E-state index contributed by atoms with van der Waals surface area (Å²) in [5, 5.41) is 1.64. The van der Waals surface area contributed by atoms with Crippen LogP contribution in [0.25, 0.3) is 0 Å². The first-order chi connectivity index (χ1) is 10.3. The summed E-state index contributed by atoms with van der Waals surface area (Å²) in [6.07, 6.45) is 1.87. The summed E-state index contributed by atoms with van der Waals surface area (Å²) >= 11 is 0. The van der Waals surface area contributed by atoms with Gasteiger partial charge in [0.1, 0.15) is 5.25 Å². The summed E-state index contributed by atoms with van der Waals surface area (Å²) < 4.78 is 34.0. The molecule has 2 atom stereocenters. The zero-order chi connectivity index (χ0) is 16.3. The van der Waals surface area contributed by atoms with Gasteiger partial charge in [0.15, 0.2) is 21.3 Å². The standard InChI is InChI=1S/C15H21NO5S/c1-10(16-15(17)11(2)22(3,18)19)12-5-6-13-14(9-12)21-8-4-7-20-13/h5-6,9-11H,4,7-8H2,1-3H3,(H,16,17). The molecule has 7 heteroatoms. The van der Waals surface area contributed by atoms with Crippen LogP contribution in [-0.4, -0.2) is 39.0 Å². The molecule has 2 rings (SSSR count). The van der Waals surface area contributed by atoms with Gasteiger partial charge in [0.25, 0.3) is 0 Å². The van der Waals surface area contributed by atoms with Gasteiger partial charge in [-0.15, -0.1) is 0 Å². The Kier molecular flexibility index (Phi) is 4.95. The zero-order valence-corrected chi connectivity index (χ0v) is 13.8. The molecule has 2 unspecified atom stereocenters. The predicted octanol–water partition coefficient (Wildman–Crippen LogP) is 1.46. The Balaban J connectivity index is 2.11. The van der Waals surface area contributed by atoms with Crippen molar-refractivity contribution in [2.24, 2.45) is 0 Å². The molecule has 0 aliphatic carbocycles. The lowest BCUT2D eigenvalue weighted by Crippen LogP contribution is -2.38. The topological polar surface area (TPSA) is 81.7 Å². The Bertz CT molecular complexity index is 656. The maximum absolute atomic E-state index is 12.0. The molecule has 1 aromatic rings. The fourth-order valence-corrected chi connectivity index (χ4v) is 2.51. The van der Waals surface area contributed by atoms with Crippen LogP contribution in [0.15, 0.2) is 18.2 Å². The van der Waals surface area contributed by atoms with E-state index in [2.05, 4.69) is 5.32 Å². The van der Waals surface area contributed by atoms with Gasteiger partial charge in [0.05, 0.1) is 19.3 Å². The number of sulfone groups is 1. The molecule has 1 heterocycles. The average Bonchev–Trinajstić information content (AvgIpc) is 2.69. The van der Waals surface area contributed by atoms with Gasteiger partial charge in [-0.2, -0.15) is 0 Å². The number of benzene rings is 1. The van der Waals surface area contributed by atoms with Crippen molar-refractivity contribution in [2.45, 2.75) is 31.6 Å². The molecule has 0 aromatic heterocycles. The second-order valence-electron chi connectivity index (χ2n) is 5.46. The summed E-state index contributed by atoms with van der Waals surface area (Å²) in [6, 6.07) is 5.13. The highest BCUT2D eigenvalue weighted by molar-refractivity contribution is 7.92. The second kappa shape index (κ2) is 6.56. The fraction of sp³-hybridized carbons (Fsp3) is 0.533. The minimum absolute atomic E-state index is 0.325. The van der Waals surface area contributed by atoms with E-state index in [9.17, 15) is 13.2 Å². The molecule has 0 radical (unpaired) electrons. The normalized spacial score (nSPS) is 17.2. The molecule has 0 bridgehead atoms. The van der Waals surface area contributed by atoms with E-state index in [1.165, 1.54) is 6.92 Å². The van der Waals surface area contributed by atoms with Crippen molar-refractivity contribution in [1.82, 2.24) is 5.32 Å². The van der Waals surface area contributed by atoms with Crippen molar-refractivity contribution in [2.75, 3.05) is 19.5 Å². The predicted molar refractivity (Wildman–Crippen MR) is 82.9 cm³/mol. The molecule has 122 valence electrons. The smallest absolute Gasteiger partial charge is 0.238 e. The minimum atomic E-state index is -3.41. The highest BCUT2D eigenvalue weighted by Gasteiger charge is 2.25. The van der Waals surface area contributed by atoms with Crippen LogP contribution in [0.1, 0.15) is 31.9 Å². The van der Waals surface area contributed by atoms with Gasteiger partial charge < -0.3 is 14.8 Å². The largest absolute Gasteiger partial charge is 0.490 e. The number of amides is 1. The van der Waals surface area contributed by atoms with Crippen LogP contribution >= 0.6 is 0 Å². The van der Waals surface area contributed by atoms with E-state index in [1.54, 1.807) is 13.0 Å². The maximum Gasteiger partial charge on any atom is 0.238 e. The number of carbonyl (C=O) groups excluding carboxylic acids is 1. The highest BCUT2D eigenvalue weighted by Crippen LogP contribution is 2.32. The highest BCUT2D eigenvalue weighted by atomic mass is 32.2. The first kappa shape index (κ1) is 16.6. The van der Waals surface area contributed by atoms with Gasteiger partial charge in [-0.05, 0) is 31.5 Å². The second-order valence-corrected chi connectivity index (χ2v) is 7.82. The fourth-order valence-electron chi connectivity index (χ4n) is 2.06. The van der Waals surface area contributed by atoms with Gasteiger partial charge in [0, 0.05) is 12.7 Å². The van der Waals surface area contributed by atoms with Crippen molar-refractivity contribution >= 4 is 15.7 Å². The molecule has 22 heavy (non-hydrogen) atoms. The summed E-state index contributed by atoms with van der Waals surface area (Å²) in [7, 11) is -3.41. The Morgan fingerprint density at radius 3 is 2.45 bits per heavy atom. The maximum atomic E-state index is 12.0. The van der Waals surface area contributed by atoms with Crippen LogP contribution in [0.2, 0.25) is 0 Å². The van der Waals surface area contributed by atoms with Crippen molar-refractivity contribution in [3.05, 3.63) is 23.8 Å². The quantitative estimate of drug-likeness (QED) is 0.905. The molecule has 1 amide bonds. The molecular formula is C15H21NO5S. The van der Waals surface area contributed by atoms with Gasteiger partial charge in [-0.1, -0.05) is 6.07 Å². The first-order valence-electron chi connectivity index (χ1n) is 7.18. The van der Waals surface area contributed by atoms with Crippen molar-refractivity contribution < 1.29 is 22.7 Å². The van der Waals surface area contributed by atoms with E-state index >= 15 is 0 Å². The average molecular weight is 327 g/mol. The molecule has 6 nitrogen and oxygen atoms in total. The molecule has 1 aliphatic heterocycles. The van der Waals surface area contributed by atoms with Crippen LogP contribution < -0.4 is 14.8 Å². The molecule has 0 saturated carbocycles. The van der Waals surface area contributed by atoms with E-state index in [1.807, 2.05) is 12.1 Å². The van der Waals surface area contributed by atoms with Crippen LogP contribution in [0.4, 0.5) is 0 Å². The third kappa shape index (κ3) is 3.91. The van der Waals surface area contributed by atoms with E-state index in [-0.39, 0.29) is 6.04 Å². The van der Waals surface area contributed by atoms with E-state index in [4.69, 9.17) is 9.47 Å². The minimum Gasteiger partial charge on any atom is -0.490 e. The molecular weight excluding hydrogens is 306 g/mol. The Labute approximate surface area is 130 Å². The molecule has 0 fully saturated rings. The van der Waals surface area contributed by atoms with Crippen LogP contribution in [0.3, 0.4) is 0 Å². The Hall–Kier alpha value is -1.76. The number of rotatable bonds is 4. The summed E-state index contributed by atoms with van der Waals surface area (Å²) in [6.45, 7) is 4.38. The van der Waals surface area contributed by atoms with Crippen LogP contribution in [0, 0.1) is 0 Å². The molecule has 1 N–H and O–H groups in total. The number of ether oxygens (including phenoxy) is 2. The number of fused-ring (bicyclic) bond motifs is 1. The Morgan fingerprint density at radius 1 is 1.18 bits per heavy atom. The third-order valence-corrected chi connectivity index (χ3v) is 5.14. The summed E-state index contributed by atoms with van der Waals surface area (Å²) in [4.78, 5) is 12.0. The molecule has 0 spiro atoms. The number of carbonyl (C=O) groups is 1. The van der Waals surface area contributed by atoms with Crippen molar-refractivity contribution in [3.63, 3.8) is 0 Å². The molecule has 0 saturated heterocycles. The third-order valence-electron chi connectivity index (χ3n) is 3.64. The van der Waals surface area contributed by atoms with E-state index < -0.39 is 21.0 Å². The molecule has 1 aliphatic rings. The van der Waals surface area contributed by atoms with Crippen LogP contribution in [0.5, 0.6) is 11.5 Å². The van der Waals surface area contributed by atoms with E-state index in [0.29, 0.717) is 24.7 Å². The van der Waals surface area contributed by atoms with Crippen LogP contribution in [-0.2, 0) is 14.6 Å². The lowest BCUT2D eigenvalue weighted by molar-refractivity contribution is -0.121. The SMILES string of the molecule is CC(NC(=O)C(C)S(C)(=O)=O)c1ccc2c(c1)OCCCO2. The Morgan fingerprint density at radius 2 is 1.82 bits per heavy atom. The number of hydrogen-bond acceptors (Lipinski definition) is 5. The molecule has 1 aromatic carbocycles. The number of hydrogen-bond donors (Lipinski definition) is 1. The first-order valence-corrected chi connectivity index (χ1v) is 9.13. The zero-order valence-electron chi connectivity index (χ0n) is 13.0. The summed E-state index contributed by atoms with van der Waals surface area (Å²) in [5.41, 5.74) is 0.832. The van der Waals surface area contributed by atoms with Crippen molar-refractivity contribution in [3.8, 4) is 11.5 Å². The van der Waals surface area contributed by atoms with Gasteiger partial charge >= 0.3 is 0 Å².